The summed E-state index contributed by atoms with van der Waals surface area (Å²) in [6.45, 7) is 0. The molecule has 2 atom stereocenters. The molecule has 1 aliphatic rings. The van der Waals surface area contributed by atoms with Crippen molar-refractivity contribution >= 4 is 11.8 Å². The van der Waals surface area contributed by atoms with Crippen LogP contribution in [-0.4, -0.2) is 18.4 Å². The summed E-state index contributed by atoms with van der Waals surface area (Å²) in [4.78, 5) is 1.23. The van der Waals surface area contributed by atoms with E-state index in [0.717, 1.165) is 37.2 Å². The van der Waals surface area contributed by atoms with E-state index in [4.69, 9.17) is 10.5 Å². The fourth-order valence-electron chi connectivity index (χ4n) is 2.64. The van der Waals surface area contributed by atoms with Gasteiger partial charge < -0.3 is 10.5 Å². The second-order valence-electron chi connectivity index (χ2n) is 5.05. The van der Waals surface area contributed by atoms with E-state index < -0.39 is 5.54 Å². The molecule has 0 saturated heterocycles. The van der Waals surface area contributed by atoms with Gasteiger partial charge in [0.2, 0.25) is 0 Å². The Balaban J connectivity index is 1.81. The molecule has 1 fully saturated rings. The van der Waals surface area contributed by atoms with Crippen molar-refractivity contribution in [3.05, 3.63) is 24.3 Å². The normalized spacial score (nSPS) is 26.1. The molecule has 0 amide bonds. The van der Waals surface area contributed by atoms with Gasteiger partial charge in [0.15, 0.2) is 0 Å². The predicted molar refractivity (Wildman–Crippen MR) is 78.2 cm³/mol. The van der Waals surface area contributed by atoms with Crippen molar-refractivity contribution in [2.75, 3.05) is 12.9 Å². The summed E-state index contributed by atoms with van der Waals surface area (Å²) in [5.74, 6) is 2.24. The zero-order valence-corrected chi connectivity index (χ0v) is 12.1. The van der Waals surface area contributed by atoms with E-state index in [9.17, 15) is 5.26 Å². The largest absolute Gasteiger partial charge is 0.497 e. The molecule has 0 aliphatic heterocycles. The highest BCUT2D eigenvalue weighted by Crippen LogP contribution is 2.37. The number of hydrogen-bond acceptors (Lipinski definition) is 4. The molecule has 1 saturated carbocycles. The summed E-state index contributed by atoms with van der Waals surface area (Å²) in [6, 6.07) is 10.4. The van der Waals surface area contributed by atoms with Gasteiger partial charge in [0.25, 0.3) is 0 Å². The van der Waals surface area contributed by atoms with Crippen LogP contribution in [0.3, 0.4) is 0 Å². The molecule has 3 nitrogen and oxygen atoms in total. The lowest BCUT2D eigenvalue weighted by atomic mass is 9.88. The molecule has 0 spiro atoms. The number of hydrogen-bond donors (Lipinski definition) is 1. The van der Waals surface area contributed by atoms with Gasteiger partial charge in [-0.15, -0.1) is 11.8 Å². The van der Waals surface area contributed by atoms with Gasteiger partial charge in [-0.05, 0) is 55.2 Å². The quantitative estimate of drug-likeness (QED) is 0.839. The van der Waals surface area contributed by atoms with Gasteiger partial charge in [-0.1, -0.05) is 6.42 Å². The minimum atomic E-state index is -0.583. The Morgan fingerprint density at radius 1 is 1.47 bits per heavy atom. The summed E-state index contributed by atoms with van der Waals surface area (Å²) < 4.78 is 5.13. The molecular formula is C15H20N2OS. The van der Waals surface area contributed by atoms with E-state index in [1.165, 1.54) is 4.90 Å². The summed E-state index contributed by atoms with van der Waals surface area (Å²) in [6.07, 6.45) is 4.04. The number of nitrogens with two attached hydrogens (primary N) is 1. The second kappa shape index (κ2) is 6.31. The van der Waals surface area contributed by atoms with Crippen molar-refractivity contribution in [1.29, 1.82) is 5.26 Å². The van der Waals surface area contributed by atoms with E-state index in [-0.39, 0.29) is 0 Å². The summed E-state index contributed by atoms with van der Waals surface area (Å²) in [7, 11) is 1.67. The maximum absolute atomic E-state index is 9.17. The van der Waals surface area contributed by atoms with Gasteiger partial charge in [0.1, 0.15) is 11.3 Å². The van der Waals surface area contributed by atoms with Crippen molar-refractivity contribution in [3.8, 4) is 11.8 Å². The zero-order valence-electron chi connectivity index (χ0n) is 11.3. The van der Waals surface area contributed by atoms with Crippen molar-refractivity contribution < 1.29 is 4.74 Å². The van der Waals surface area contributed by atoms with Crippen molar-refractivity contribution in [3.63, 3.8) is 0 Å². The molecule has 19 heavy (non-hydrogen) atoms. The molecule has 2 N–H and O–H groups in total. The van der Waals surface area contributed by atoms with Gasteiger partial charge >= 0.3 is 0 Å². The van der Waals surface area contributed by atoms with E-state index in [2.05, 4.69) is 18.2 Å². The Morgan fingerprint density at radius 3 is 2.84 bits per heavy atom. The monoisotopic (exact) mass is 276 g/mol. The van der Waals surface area contributed by atoms with Gasteiger partial charge in [0.05, 0.1) is 13.2 Å². The Morgan fingerprint density at radius 2 is 2.21 bits per heavy atom. The van der Waals surface area contributed by atoms with Crippen LogP contribution in [0.2, 0.25) is 0 Å². The maximum Gasteiger partial charge on any atom is 0.118 e. The Hall–Kier alpha value is -1.18. The van der Waals surface area contributed by atoms with E-state index >= 15 is 0 Å². The van der Waals surface area contributed by atoms with E-state index in [1.54, 1.807) is 7.11 Å². The summed E-state index contributed by atoms with van der Waals surface area (Å²) in [5.41, 5.74) is 5.55. The summed E-state index contributed by atoms with van der Waals surface area (Å²) >= 11 is 1.82. The second-order valence-corrected chi connectivity index (χ2v) is 6.22. The Bertz CT molecular complexity index is 454. The zero-order chi connectivity index (χ0) is 13.7. The van der Waals surface area contributed by atoms with Crippen LogP contribution in [0.15, 0.2) is 29.2 Å². The third kappa shape index (κ3) is 3.43. The molecule has 102 valence electrons. The first-order chi connectivity index (χ1) is 9.18. The van der Waals surface area contributed by atoms with Crippen LogP contribution >= 0.6 is 11.8 Å². The standard InChI is InChI=1S/C15H20N2OS/c1-18-13-4-6-14(7-5-13)19-10-8-12-3-2-9-15(12,17)11-16/h4-7,12H,2-3,8-10,17H2,1H3. The smallest absolute Gasteiger partial charge is 0.118 e. The SMILES string of the molecule is COc1ccc(SCCC2CCCC2(N)C#N)cc1. The topological polar surface area (TPSA) is 59.0 Å². The molecule has 1 aromatic carbocycles. The first kappa shape index (κ1) is 14.2. The molecule has 1 aromatic rings. The highest BCUT2D eigenvalue weighted by atomic mass is 32.2. The maximum atomic E-state index is 9.17. The van der Waals surface area contributed by atoms with Gasteiger partial charge in [0, 0.05) is 4.90 Å². The van der Waals surface area contributed by atoms with Crippen LogP contribution in [0.1, 0.15) is 25.7 Å². The Kier molecular flexibility index (Phi) is 4.73. The van der Waals surface area contributed by atoms with Gasteiger partial charge in [-0.25, -0.2) is 0 Å². The summed E-state index contributed by atoms with van der Waals surface area (Å²) in [5, 5.41) is 9.17. The average Bonchev–Trinajstić information content (AvgIpc) is 2.82. The van der Waals surface area contributed by atoms with E-state index in [1.807, 2.05) is 23.9 Å². The molecule has 1 aliphatic carbocycles. The van der Waals surface area contributed by atoms with Crippen LogP contribution in [-0.2, 0) is 0 Å². The lowest BCUT2D eigenvalue weighted by Gasteiger charge is -2.23. The molecule has 2 unspecified atom stereocenters. The lowest BCUT2D eigenvalue weighted by molar-refractivity contribution is 0.389. The van der Waals surface area contributed by atoms with Crippen LogP contribution in [0, 0.1) is 17.2 Å². The number of ether oxygens (including phenoxy) is 1. The number of nitriles is 1. The Labute approximate surface area is 119 Å². The van der Waals surface area contributed by atoms with Gasteiger partial charge in [-0.3, -0.25) is 0 Å². The molecule has 0 heterocycles. The van der Waals surface area contributed by atoms with Crippen LogP contribution < -0.4 is 10.5 Å². The minimum absolute atomic E-state index is 0.350. The molecular weight excluding hydrogens is 256 g/mol. The molecule has 4 heteroatoms. The van der Waals surface area contributed by atoms with E-state index in [0.29, 0.717) is 5.92 Å². The lowest BCUT2D eigenvalue weighted by Crippen LogP contribution is -2.41. The number of methoxy groups -OCH3 is 1. The van der Waals surface area contributed by atoms with Crippen molar-refractivity contribution in [2.45, 2.75) is 36.1 Å². The number of thioether (sulfide) groups is 1. The number of nitrogens with zero attached hydrogens (tertiary/aromatic N) is 1. The minimum Gasteiger partial charge on any atom is -0.497 e. The van der Waals surface area contributed by atoms with Crippen LogP contribution in [0.5, 0.6) is 5.75 Å². The highest BCUT2D eigenvalue weighted by molar-refractivity contribution is 7.99. The average molecular weight is 276 g/mol. The third-order valence-corrected chi connectivity index (χ3v) is 4.92. The highest BCUT2D eigenvalue weighted by Gasteiger charge is 2.39. The third-order valence-electron chi connectivity index (χ3n) is 3.87. The van der Waals surface area contributed by atoms with Crippen LogP contribution in [0.4, 0.5) is 0 Å². The van der Waals surface area contributed by atoms with Gasteiger partial charge in [-0.2, -0.15) is 5.26 Å². The van der Waals surface area contributed by atoms with Crippen molar-refractivity contribution in [1.82, 2.24) is 0 Å². The molecule has 0 radical (unpaired) electrons. The predicted octanol–water partition coefficient (Wildman–Crippen LogP) is 3.20. The fraction of sp³-hybridized carbons (Fsp3) is 0.533. The number of benzene rings is 1. The van der Waals surface area contributed by atoms with Crippen LogP contribution in [0.25, 0.3) is 0 Å². The molecule has 0 aromatic heterocycles. The first-order valence-corrected chi connectivity index (χ1v) is 7.63. The fourth-order valence-corrected chi connectivity index (χ4v) is 3.61. The molecule has 0 bridgehead atoms. The first-order valence-electron chi connectivity index (χ1n) is 6.65. The molecule has 2 rings (SSSR count). The van der Waals surface area contributed by atoms with Crippen molar-refractivity contribution in [2.24, 2.45) is 11.7 Å². The number of rotatable bonds is 5.